The van der Waals surface area contributed by atoms with Crippen LogP contribution in [0.25, 0.3) is 0 Å². The first kappa shape index (κ1) is 8.09. The summed E-state index contributed by atoms with van der Waals surface area (Å²) in [5, 5.41) is 0.642. The van der Waals surface area contributed by atoms with E-state index in [-0.39, 0.29) is 0 Å². The van der Waals surface area contributed by atoms with Gasteiger partial charge in [-0.25, -0.2) is 4.98 Å². The Labute approximate surface area is 74.0 Å². The number of halogens is 1. The maximum Gasteiger partial charge on any atom is 0.136 e. The lowest BCUT2D eigenvalue weighted by atomic mass is 10.3. The quantitative estimate of drug-likeness (QED) is 0.520. The van der Waals surface area contributed by atoms with E-state index >= 15 is 0 Å². The molecule has 0 aliphatic carbocycles. The number of aromatic nitrogens is 1. The number of hydrogen-bond acceptors (Lipinski definition) is 2. The molecule has 2 N–H and O–H groups in total. The fraction of sp³-hybridized carbons (Fsp3) is 0.125. The summed E-state index contributed by atoms with van der Waals surface area (Å²) in [5.41, 5.74) is 6.85. The minimum atomic E-state index is 0.626. The molecule has 1 aromatic heterocycles. The minimum Gasteiger partial charge on any atom is -0.396 e. The number of nitrogen functional groups attached to an aromatic ring is 1. The summed E-state index contributed by atoms with van der Waals surface area (Å²) in [5.74, 6) is 5.66. The Morgan fingerprint density at radius 2 is 2.45 bits per heavy atom. The highest BCUT2D eigenvalue weighted by Gasteiger charge is 1.91. The van der Waals surface area contributed by atoms with Gasteiger partial charge in [-0.3, -0.25) is 0 Å². The molecular weight excluding hydrogens is 204 g/mol. The van der Waals surface area contributed by atoms with Crippen molar-refractivity contribution in [3.05, 3.63) is 24.0 Å². The van der Waals surface area contributed by atoms with E-state index in [0.717, 1.165) is 0 Å². The van der Waals surface area contributed by atoms with Gasteiger partial charge in [0.1, 0.15) is 5.69 Å². The van der Waals surface area contributed by atoms with Gasteiger partial charge >= 0.3 is 0 Å². The third-order valence-corrected chi connectivity index (χ3v) is 1.39. The zero-order chi connectivity index (χ0) is 8.10. The number of nitrogens with two attached hydrogens (primary N) is 1. The average Bonchev–Trinajstić information content (AvgIpc) is 2.03. The van der Waals surface area contributed by atoms with Gasteiger partial charge in [-0.2, -0.15) is 0 Å². The smallest absolute Gasteiger partial charge is 0.136 e. The maximum atomic E-state index is 5.58. The summed E-state index contributed by atoms with van der Waals surface area (Å²) in [4.78, 5) is 4.00. The van der Waals surface area contributed by atoms with Crippen LogP contribution in [-0.4, -0.2) is 10.3 Å². The molecule has 1 rings (SSSR count). The van der Waals surface area contributed by atoms with Crippen LogP contribution < -0.4 is 5.73 Å². The van der Waals surface area contributed by atoms with E-state index in [4.69, 9.17) is 5.73 Å². The van der Waals surface area contributed by atoms with Crippen molar-refractivity contribution in [2.45, 2.75) is 0 Å². The largest absolute Gasteiger partial charge is 0.396 e. The van der Waals surface area contributed by atoms with Crippen LogP contribution in [0.4, 0.5) is 5.69 Å². The van der Waals surface area contributed by atoms with E-state index in [0.29, 0.717) is 16.7 Å². The minimum absolute atomic E-state index is 0.626. The molecule has 0 spiro atoms. The fourth-order valence-electron chi connectivity index (χ4n) is 0.639. The van der Waals surface area contributed by atoms with Crippen molar-refractivity contribution in [2.75, 3.05) is 11.1 Å². The van der Waals surface area contributed by atoms with Gasteiger partial charge in [0.25, 0.3) is 0 Å². The fourth-order valence-corrected chi connectivity index (χ4v) is 0.779. The summed E-state index contributed by atoms with van der Waals surface area (Å²) in [6.45, 7) is 0. The van der Waals surface area contributed by atoms with Gasteiger partial charge < -0.3 is 5.73 Å². The molecule has 0 atom stereocenters. The summed E-state index contributed by atoms with van der Waals surface area (Å²) >= 11 is 3.19. The second-order valence-corrected chi connectivity index (χ2v) is 2.44. The topological polar surface area (TPSA) is 38.9 Å². The number of anilines is 1. The second kappa shape index (κ2) is 3.99. The van der Waals surface area contributed by atoms with Gasteiger partial charge in [-0.1, -0.05) is 21.9 Å². The van der Waals surface area contributed by atoms with Gasteiger partial charge in [-0.15, -0.1) is 0 Å². The molecule has 0 saturated carbocycles. The summed E-state index contributed by atoms with van der Waals surface area (Å²) in [6.07, 6.45) is 1.68. The Balaban J connectivity index is 2.95. The van der Waals surface area contributed by atoms with E-state index in [9.17, 15) is 0 Å². The molecule has 0 fully saturated rings. The van der Waals surface area contributed by atoms with Crippen molar-refractivity contribution in [3.8, 4) is 11.8 Å². The predicted octanol–water partition coefficient (Wildman–Crippen LogP) is 1.41. The molecule has 0 bridgehead atoms. The first-order valence-electron chi connectivity index (χ1n) is 3.10. The lowest BCUT2D eigenvalue weighted by Crippen LogP contribution is -1.91. The predicted molar refractivity (Wildman–Crippen MR) is 49.3 cm³/mol. The highest BCUT2D eigenvalue weighted by Crippen LogP contribution is 2.03. The van der Waals surface area contributed by atoms with E-state index < -0.39 is 0 Å². The zero-order valence-corrected chi connectivity index (χ0v) is 7.43. The van der Waals surface area contributed by atoms with Crippen LogP contribution in [0.15, 0.2) is 18.3 Å². The standard InChI is InChI=1S/C8H7BrN2/c9-5-1-4-8-7(10)3-2-6-11-8/h2-3,6H,5,10H2. The summed E-state index contributed by atoms with van der Waals surface area (Å²) in [6, 6.07) is 3.57. The van der Waals surface area contributed by atoms with E-state index in [2.05, 4.69) is 32.8 Å². The first-order chi connectivity index (χ1) is 5.34. The Hall–Kier alpha value is -1.01. The highest BCUT2D eigenvalue weighted by atomic mass is 79.9. The molecule has 11 heavy (non-hydrogen) atoms. The molecule has 0 radical (unpaired) electrons. The normalized spacial score (nSPS) is 8.45. The lowest BCUT2D eigenvalue weighted by molar-refractivity contribution is 1.29. The summed E-state index contributed by atoms with van der Waals surface area (Å²) in [7, 11) is 0. The third kappa shape index (κ3) is 2.24. The molecule has 2 nitrogen and oxygen atoms in total. The van der Waals surface area contributed by atoms with Crippen LogP contribution in [0.1, 0.15) is 5.69 Å². The molecule has 0 unspecified atom stereocenters. The van der Waals surface area contributed by atoms with E-state index in [1.807, 2.05) is 0 Å². The van der Waals surface area contributed by atoms with E-state index in [1.54, 1.807) is 18.3 Å². The molecule has 1 aromatic rings. The van der Waals surface area contributed by atoms with Crippen LogP contribution >= 0.6 is 15.9 Å². The zero-order valence-electron chi connectivity index (χ0n) is 5.84. The Morgan fingerprint density at radius 3 is 3.09 bits per heavy atom. The molecule has 0 aliphatic rings. The van der Waals surface area contributed by atoms with Crippen molar-refractivity contribution in [1.82, 2.24) is 4.98 Å². The number of alkyl halides is 1. The van der Waals surface area contributed by atoms with Gasteiger partial charge in [0.05, 0.1) is 11.0 Å². The Kier molecular flexibility index (Phi) is 2.94. The molecular formula is C8H7BrN2. The molecule has 0 aromatic carbocycles. The van der Waals surface area contributed by atoms with Crippen molar-refractivity contribution < 1.29 is 0 Å². The van der Waals surface area contributed by atoms with Crippen molar-refractivity contribution in [1.29, 1.82) is 0 Å². The van der Waals surface area contributed by atoms with Gasteiger partial charge in [-0.05, 0) is 18.1 Å². The molecule has 56 valence electrons. The van der Waals surface area contributed by atoms with Crippen LogP contribution in [-0.2, 0) is 0 Å². The molecule has 0 aliphatic heterocycles. The Morgan fingerprint density at radius 1 is 1.64 bits per heavy atom. The number of rotatable bonds is 0. The molecule has 1 heterocycles. The maximum absolute atomic E-state index is 5.58. The van der Waals surface area contributed by atoms with Crippen LogP contribution in [0.3, 0.4) is 0 Å². The van der Waals surface area contributed by atoms with Gasteiger partial charge in [0.2, 0.25) is 0 Å². The van der Waals surface area contributed by atoms with Crippen LogP contribution in [0, 0.1) is 11.8 Å². The number of pyridine rings is 1. The average molecular weight is 211 g/mol. The highest BCUT2D eigenvalue weighted by molar-refractivity contribution is 9.09. The third-order valence-electron chi connectivity index (χ3n) is 1.11. The first-order valence-corrected chi connectivity index (χ1v) is 4.22. The van der Waals surface area contributed by atoms with Crippen LogP contribution in [0.2, 0.25) is 0 Å². The van der Waals surface area contributed by atoms with Crippen molar-refractivity contribution in [2.24, 2.45) is 0 Å². The number of hydrogen-bond donors (Lipinski definition) is 1. The monoisotopic (exact) mass is 210 g/mol. The van der Waals surface area contributed by atoms with Gasteiger partial charge in [0.15, 0.2) is 0 Å². The molecule has 0 amide bonds. The van der Waals surface area contributed by atoms with Crippen molar-refractivity contribution >= 4 is 21.6 Å². The van der Waals surface area contributed by atoms with Gasteiger partial charge in [0, 0.05) is 6.20 Å². The molecule has 3 heteroatoms. The SMILES string of the molecule is Nc1cccnc1C#CCBr. The van der Waals surface area contributed by atoms with Crippen molar-refractivity contribution in [3.63, 3.8) is 0 Å². The van der Waals surface area contributed by atoms with Crippen LogP contribution in [0.5, 0.6) is 0 Å². The Bertz CT molecular complexity index is 298. The lowest BCUT2D eigenvalue weighted by Gasteiger charge is -1.92. The molecule has 0 saturated heterocycles. The number of nitrogens with zero attached hydrogens (tertiary/aromatic N) is 1. The summed E-state index contributed by atoms with van der Waals surface area (Å²) < 4.78 is 0. The van der Waals surface area contributed by atoms with E-state index in [1.165, 1.54) is 0 Å². The second-order valence-electron chi connectivity index (χ2n) is 1.88.